The Morgan fingerprint density at radius 2 is 2.05 bits per heavy atom. The van der Waals surface area contributed by atoms with Crippen LogP contribution < -0.4 is 0 Å². The fraction of sp³-hybridized carbons (Fsp3) is 0.769. The summed E-state index contributed by atoms with van der Waals surface area (Å²) in [5.74, 6) is -0.216. The van der Waals surface area contributed by atoms with Gasteiger partial charge in [0, 0.05) is 6.61 Å². The molecule has 0 aliphatic heterocycles. The van der Waals surface area contributed by atoms with Crippen molar-refractivity contribution in [1.29, 1.82) is 0 Å². The fourth-order valence-corrected chi connectivity index (χ4v) is 1.64. The lowest BCUT2D eigenvalue weighted by Crippen LogP contribution is -2.26. The van der Waals surface area contributed by atoms with Crippen LogP contribution in [0.3, 0.4) is 0 Å². The number of esters is 1. The largest absolute Gasteiger partial charge is 0.465 e. The molecule has 0 aliphatic carbocycles. The molecule has 0 aromatic carbocycles. The molecule has 1 heterocycles. The van der Waals surface area contributed by atoms with Crippen molar-refractivity contribution in [3.8, 4) is 0 Å². The second-order valence-corrected chi connectivity index (χ2v) is 4.45. The summed E-state index contributed by atoms with van der Waals surface area (Å²) in [7, 11) is 0. The van der Waals surface area contributed by atoms with Crippen molar-refractivity contribution in [3.63, 3.8) is 0 Å². The number of ether oxygens (including phenoxy) is 2. The van der Waals surface area contributed by atoms with Gasteiger partial charge in [0.15, 0.2) is 0 Å². The van der Waals surface area contributed by atoms with Crippen molar-refractivity contribution in [2.75, 3.05) is 13.2 Å². The highest BCUT2D eigenvalue weighted by Gasteiger charge is 2.33. The second-order valence-electron chi connectivity index (χ2n) is 4.45. The van der Waals surface area contributed by atoms with Gasteiger partial charge >= 0.3 is 5.97 Å². The van der Waals surface area contributed by atoms with Crippen molar-refractivity contribution < 1.29 is 18.8 Å². The van der Waals surface area contributed by atoms with Crippen molar-refractivity contribution in [1.82, 2.24) is 10.1 Å². The number of carbonyl (C=O) groups excluding carboxylic acids is 1. The van der Waals surface area contributed by atoms with Crippen LogP contribution in [0.25, 0.3) is 0 Å². The molecule has 108 valence electrons. The van der Waals surface area contributed by atoms with Crippen molar-refractivity contribution in [2.24, 2.45) is 0 Å². The van der Waals surface area contributed by atoms with E-state index in [0.29, 0.717) is 25.5 Å². The first-order valence-corrected chi connectivity index (χ1v) is 6.63. The van der Waals surface area contributed by atoms with Crippen LogP contribution in [-0.4, -0.2) is 29.3 Å². The third kappa shape index (κ3) is 3.53. The molecule has 1 aromatic rings. The molecule has 0 bridgehead atoms. The van der Waals surface area contributed by atoms with Gasteiger partial charge < -0.3 is 14.0 Å². The zero-order chi connectivity index (χ0) is 14.5. The maximum absolute atomic E-state index is 11.6. The van der Waals surface area contributed by atoms with Crippen LogP contribution in [0.15, 0.2) is 4.52 Å². The molecule has 0 N–H and O–H groups in total. The monoisotopic (exact) mass is 270 g/mol. The quantitative estimate of drug-likeness (QED) is 0.708. The summed E-state index contributed by atoms with van der Waals surface area (Å²) < 4.78 is 15.7. The van der Waals surface area contributed by atoms with Crippen LogP contribution in [0, 0.1) is 0 Å². The Hall–Kier alpha value is -1.43. The van der Waals surface area contributed by atoms with Crippen LogP contribution in [0.4, 0.5) is 0 Å². The number of hydrogen-bond donors (Lipinski definition) is 0. The lowest BCUT2D eigenvalue weighted by Gasteiger charge is -2.23. The molecule has 1 aromatic heterocycles. The van der Waals surface area contributed by atoms with E-state index < -0.39 is 11.5 Å². The van der Waals surface area contributed by atoms with Crippen LogP contribution in [0.2, 0.25) is 0 Å². The van der Waals surface area contributed by atoms with E-state index in [1.54, 1.807) is 13.8 Å². The average Bonchev–Trinajstić information content (AvgIpc) is 2.88. The molecule has 0 saturated heterocycles. The Morgan fingerprint density at radius 1 is 1.37 bits per heavy atom. The normalized spacial score (nSPS) is 15.8. The lowest BCUT2D eigenvalue weighted by atomic mass is 10.0. The summed E-state index contributed by atoms with van der Waals surface area (Å²) in [5.41, 5.74) is -0.592. The van der Waals surface area contributed by atoms with Crippen LogP contribution in [0.1, 0.15) is 58.7 Å². The van der Waals surface area contributed by atoms with E-state index in [4.69, 9.17) is 14.0 Å². The average molecular weight is 270 g/mol. The molecule has 0 radical (unpaired) electrons. The summed E-state index contributed by atoms with van der Waals surface area (Å²) in [6, 6.07) is 0. The molecular formula is C13H22N2O4. The highest BCUT2D eigenvalue weighted by molar-refractivity contribution is 5.76. The third-order valence-electron chi connectivity index (χ3n) is 3.06. The van der Waals surface area contributed by atoms with E-state index in [0.717, 1.165) is 0 Å². The second kappa shape index (κ2) is 6.65. The number of rotatable bonds is 7. The van der Waals surface area contributed by atoms with Gasteiger partial charge in [-0.15, -0.1) is 0 Å². The molecule has 0 fully saturated rings. The minimum atomic E-state index is -0.592. The standard InChI is InChI=1S/C13H22N2O4/c1-6-13(5,18-8-3)12-14-10(19-15-12)9(4)11(16)17-7-2/h9H,6-8H2,1-5H3. The molecule has 0 spiro atoms. The van der Waals surface area contributed by atoms with Gasteiger partial charge in [-0.1, -0.05) is 12.1 Å². The summed E-state index contributed by atoms with van der Waals surface area (Å²) in [6.07, 6.45) is 0.716. The molecule has 6 heteroatoms. The predicted molar refractivity (Wildman–Crippen MR) is 68.6 cm³/mol. The Balaban J connectivity index is 2.89. The minimum Gasteiger partial charge on any atom is -0.465 e. The first-order valence-electron chi connectivity index (χ1n) is 6.63. The van der Waals surface area contributed by atoms with Crippen LogP contribution in [0.5, 0.6) is 0 Å². The number of carbonyl (C=O) groups is 1. The summed E-state index contributed by atoms with van der Waals surface area (Å²) in [4.78, 5) is 15.9. The molecule has 0 saturated carbocycles. The molecule has 0 amide bonds. The van der Waals surface area contributed by atoms with Gasteiger partial charge in [-0.25, -0.2) is 0 Å². The van der Waals surface area contributed by atoms with Crippen molar-refractivity contribution in [2.45, 2.75) is 52.6 Å². The fourth-order valence-electron chi connectivity index (χ4n) is 1.64. The number of hydrogen-bond acceptors (Lipinski definition) is 6. The molecule has 0 aliphatic rings. The van der Waals surface area contributed by atoms with Gasteiger partial charge in [0.2, 0.25) is 11.7 Å². The maximum atomic E-state index is 11.6. The first-order chi connectivity index (χ1) is 8.98. The van der Waals surface area contributed by atoms with Crippen LogP contribution >= 0.6 is 0 Å². The van der Waals surface area contributed by atoms with E-state index in [1.807, 2.05) is 20.8 Å². The SMILES string of the molecule is CCOC(=O)C(C)c1nc(C(C)(CC)OCC)no1. The predicted octanol–water partition coefficient (Wildman–Crippen LogP) is 2.40. The Labute approximate surface area is 113 Å². The smallest absolute Gasteiger partial charge is 0.318 e. The Kier molecular flexibility index (Phi) is 5.47. The van der Waals surface area contributed by atoms with Gasteiger partial charge in [0.25, 0.3) is 0 Å². The van der Waals surface area contributed by atoms with Gasteiger partial charge in [-0.2, -0.15) is 4.98 Å². The Bertz CT molecular complexity index is 419. The van der Waals surface area contributed by atoms with Crippen molar-refractivity contribution >= 4 is 5.97 Å². The molecule has 2 unspecified atom stereocenters. The maximum Gasteiger partial charge on any atom is 0.318 e. The lowest BCUT2D eigenvalue weighted by molar-refractivity contribution is -0.145. The van der Waals surface area contributed by atoms with Gasteiger partial charge in [0.1, 0.15) is 11.5 Å². The zero-order valence-electron chi connectivity index (χ0n) is 12.2. The number of aromatic nitrogens is 2. The molecule has 2 atom stereocenters. The van der Waals surface area contributed by atoms with E-state index in [2.05, 4.69) is 10.1 Å². The van der Waals surface area contributed by atoms with Gasteiger partial charge in [0.05, 0.1) is 6.61 Å². The molecule has 19 heavy (non-hydrogen) atoms. The van der Waals surface area contributed by atoms with Crippen LogP contribution in [-0.2, 0) is 19.9 Å². The molecule has 1 rings (SSSR count). The molecule has 6 nitrogen and oxygen atoms in total. The van der Waals surface area contributed by atoms with Gasteiger partial charge in [-0.05, 0) is 34.1 Å². The third-order valence-corrected chi connectivity index (χ3v) is 3.06. The van der Waals surface area contributed by atoms with E-state index in [9.17, 15) is 4.79 Å². The minimum absolute atomic E-state index is 0.257. The van der Waals surface area contributed by atoms with Gasteiger partial charge in [-0.3, -0.25) is 4.79 Å². The topological polar surface area (TPSA) is 74.5 Å². The number of nitrogens with zero attached hydrogens (tertiary/aromatic N) is 2. The summed E-state index contributed by atoms with van der Waals surface area (Å²) in [6.45, 7) is 10.1. The highest BCUT2D eigenvalue weighted by Crippen LogP contribution is 2.27. The highest BCUT2D eigenvalue weighted by atomic mass is 16.5. The van der Waals surface area contributed by atoms with E-state index in [1.165, 1.54) is 0 Å². The zero-order valence-corrected chi connectivity index (χ0v) is 12.2. The summed E-state index contributed by atoms with van der Waals surface area (Å²) >= 11 is 0. The van der Waals surface area contributed by atoms with Crippen molar-refractivity contribution in [3.05, 3.63) is 11.7 Å². The first kappa shape index (κ1) is 15.6. The van der Waals surface area contributed by atoms with E-state index >= 15 is 0 Å². The van der Waals surface area contributed by atoms with E-state index in [-0.39, 0.29) is 11.9 Å². The molecular weight excluding hydrogens is 248 g/mol. The Morgan fingerprint density at radius 3 is 2.58 bits per heavy atom. The summed E-state index contributed by atoms with van der Waals surface area (Å²) in [5, 5.41) is 3.92.